The first kappa shape index (κ1) is 22.1. The minimum absolute atomic E-state index is 0.0839. The highest BCUT2D eigenvalue weighted by Gasteiger charge is 2.60. The molecule has 170 valence electrons. The Kier molecular flexibility index (Phi) is 5.72. The van der Waals surface area contributed by atoms with Crippen LogP contribution in [-0.2, 0) is 4.79 Å². The molecule has 0 amide bonds. The molecule has 4 saturated carbocycles. The van der Waals surface area contributed by atoms with Crippen LogP contribution >= 0.6 is 0 Å². The van der Waals surface area contributed by atoms with E-state index in [4.69, 9.17) is 11.7 Å². The summed E-state index contributed by atoms with van der Waals surface area (Å²) in [6, 6.07) is 0. The zero-order valence-corrected chi connectivity index (χ0v) is 19.1. The number of ketones is 1. The summed E-state index contributed by atoms with van der Waals surface area (Å²) in [6.07, 6.45) is 12.6. The van der Waals surface area contributed by atoms with E-state index in [0.717, 1.165) is 50.4 Å². The maximum atomic E-state index is 13.2. The Morgan fingerprint density at radius 3 is 2.53 bits per heavy atom. The number of hydrazine groups is 1. The third kappa shape index (κ3) is 3.58. The number of hydrogen-bond acceptors (Lipinski definition) is 5. The normalized spacial score (nSPS) is 48.5. The van der Waals surface area contributed by atoms with Crippen LogP contribution < -0.4 is 11.7 Å². The van der Waals surface area contributed by atoms with Crippen molar-refractivity contribution in [3.05, 3.63) is 0 Å². The van der Waals surface area contributed by atoms with Crippen molar-refractivity contribution in [1.82, 2.24) is 5.01 Å². The molecule has 0 aromatic rings. The Bertz CT molecular complexity index is 695. The van der Waals surface area contributed by atoms with Gasteiger partial charge in [0.05, 0.1) is 12.1 Å². The van der Waals surface area contributed by atoms with Crippen molar-refractivity contribution in [3.8, 4) is 0 Å². The van der Waals surface area contributed by atoms with Gasteiger partial charge in [-0.05, 0) is 99.2 Å². The summed E-state index contributed by atoms with van der Waals surface area (Å²) in [5.41, 5.74) is -0.0425. The highest BCUT2D eigenvalue weighted by Crippen LogP contribution is 2.67. The topological polar surface area (TPSA) is 105 Å². The van der Waals surface area contributed by atoms with E-state index in [1.54, 1.807) is 0 Å². The Morgan fingerprint density at radius 2 is 1.80 bits per heavy atom. The Hall–Kier alpha value is -1.14. The van der Waals surface area contributed by atoms with Gasteiger partial charge in [0.2, 0.25) is 0 Å². The molecule has 0 aromatic heterocycles. The second-order valence-electron chi connectivity index (χ2n) is 11.8. The van der Waals surface area contributed by atoms with E-state index in [2.05, 4.69) is 18.9 Å². The quantitative estimate of drug-likeness (QED) is 0.281. The predicted molar refractivity (Wildman–Crippen MR) is 119 cm³/mol. The zero-order chi connectivity index (χ0) is 21.7. The van der Waals surface area contributed by atoms with Gasteiger partial charge in [-0.25, -0.2) is 5.84 Å². The molecule has 8 atom stereocenters. The number of fused-ring (bicyclic) bond motifs is 5. The van der Waals surface area contributed by atoms with Gasteiger partial charge in [0.15, 0.2) is 5.78 Å². The van der Waals surface area contributed by atoms with E-state index >= 15 is 0 Å². The number of carbonyl (C=O) groups excluding carboxylic acids is 1. The smallest absolute Gasteiger partial charge is 0.157 e. The molecule has 4 fully saturated rings. The van der Waals surface area contributed by atoms with Crippen LogP contribution in [0.3, 0.4) is 0 Å². The van der Waals surface area contributed by atoms with E-state index < -0.39 is 5.60 Å². The Morgan fingerprint density at radius 1 is 1.07 bits per heavy atom. The third-order valence-corrected chi connectivity index (χ3v) is 10.1. The van der Waals surface area contributed by atoms with Crippen molar-refractivity contribution < 1.29 is 9.90 Å². The van der Waals surface area contributed by atoms with Crippen LogP contribution in [0, 0.1) is 40.4 Å². The van der Waals surface area contributed by atoms with Gasteiger partial charge in [-0.1, -0.05) is 20.3 Å². The Labute approximate surface area is 181 Å². The van der Waals surface area contributed by atoms with Crippen LogP contribution in [0.25, 0.3) is 0 Å². The first-order valence-electron chi connectivity index (χ1n) is 12.1. The van der Waals surface area contributed by atoms with Crippen LogP contribution in [0.15, 0.2) is 5.10 Å². The highest BCUT2D eigenvalue weighted by atomic mass is 16.3. The lowest BCUT2D eigenvalue weighted by Gasteiger charge is -2.64. The molecular formula is C24H42N4O2. The molecule has 0 unspecified atom stereocenters. The van der Waals surface area contributed by atoms with Crippen LogP contribution in [0.4, 0.5) is 0 Å². The van der Waals surface area contributed by atoms with Crippen molar-refractivity contribution in [2.75, 3.05) is 6.54 Å². The fourth-order valence-corrected chi connectivity index (χ4v) is 8.57. The van der Waals surface area contributed by atoms with Gasteiger partial charge in [0.1, 0.15) is 6.34 Å². The van der Waals surface area contributed by atoms with Gasteiger partial charge in [0, 0.05) is 5.92 Å². The molecule has 0 bridgehead atoms. The van der Waals surface area contributed by atoms with Crippen LogP contribution in [0.2, 0.25) is 0 Å². The summed E-state index contributed by atoms with van der Waals surface area (Å²) in [4.78, 5) is 13.2. The number of carbonyl (C=O) groups is 1. The molecule has 30 heavy (non-hydrogen) atoms. The van der Waals surface area contributed by atoms with E-state index in [1.165, 1.54) is 37.0 Å². The maximum Gasteiger partial charge on any atom is 0.157 e. The van der Waals surface area contributed by atoms with Crippen molar-refractivity contribution in [2.24, 2.45) is 57.2 Å². The number of hydrogen-bond donors (Lipinski definition) is 3. The minimum atomic E-state index is -0.483. The van der Waals surface area contributed by atoms with Gasteiger partial charge in [-0.15, -0.1) is 0 Å². The summed E-state index contributed by atoms with van der Waals surface area (Å²) in [7, 11) is 0. The van der Waals surface area contributed by atoms with Gasteiger partial charge >= 0.3 is 0 Å². The maximum absolute atomic E-state index is 13.2. The van der Waals surface area contributed by atoms with Crippen molar-refractivity contribution in [1.29, 1.82) is 0 Å². The molecule has 6 nitrogen and oxygen atoms in total. The Balaban J connectivity index is 1.54. The molecule has 0 spiro atoms. The van der Waals surface area contributed by atoms with Gasteiger partial charge in [-0.3, -0.25) is 9.80 Å². The summed E-state index contributed by atoms with van der Waals surface area (Å²) in [5, 5.41) is 15.5. The molecule has 0 aliphatic heterocycles. The molecule has 0 saturated heterocycles. The average Bonchev–Trinajstić information content (AvgIpc) is 2.67. The SMILES string of the molecule is C[C@@]1(O)CC[C@@]2(C)[C@@H](CC[C@@H]3[C@@H]2CC[C@]2(C)[C@@H](C(=O)CN(N)/C=N\N)CCC[C@@H]32)C1. The molecule has 5 N–H and O–H groups in total. The number of rotatable bonds is 4. The van der Waals surface area contributed by atoms with Crippen LogP contribution in [-0.4, -0.2) is 34.4 Å². The largest absolute Gasteiger partial charge is 0.390 e. The van der Waals surface area contributed by atoms with Crippen molar-refractivity contribution in [2.45, 2.75) is 90.6 Å². The van der Waals surface area contributed by atoms with E-state index in [9.17, 15) is 9.90 Å². The van der Waals surface area contributed by atoms with Crippen molar-refractivity contribution in [3.63, 3.8) is 0 Å². The molecular weight excluding hydrogens is 376 g/mol. The van der Waals surface area contributed by atoms with Crippen LogP contribution in [0.1, 0.15) is 85.0 Å². The summed E-state index contributed by atoms with van der Waals surface area (Å²) in [5.74, 6) is 14.2. The summed E-state index contributed by atoms with van der Waals surface area (Å²) < 4.78 is 0. The summed E-state index contributed by atoms with van der Waals surface area (Å²) >= 11 is 0. The van der Waals surface area contributed by atoms with Gasteiger partial charge in [-0.2, -0.15) is 5.10 Å². The summed E-state index contributed by atoms with van der Waals surface area (Å²) in [6.45, 7) is 7.14. The molecule has 0 heterocycles. The second kappa shape index (κ2) is 7.77. The molecule has 4 aliphatic carbocycles. The number of Topliss-reactive ketones (excluding diaryl/α,β-unsaturated/α-hetero) is 1. The highest BCUT2D eigenvalue weighted by molar-refractivity contribution is 5.85. The lowest BCUT2D eigenvalue weighted by molar-refractivity contribution is -0.169. The van der Waals surface area contributed by atoms with E-state index in [-0.39, 0.29) is 23.7 Å². The molecule has 6 heteroatoms. The number of aliphatic hydroxyl groups is 1. The van der Waals surface area contributed by atoms with E-state index in [0.29, 0.717) is 17.3 Å². The second-order valence-corrected chi connectivity index (χ2v) is 11.8. The molecule has 0 aromatic carbocycles. The van der Waals surface area contributed by atoms with Gasteiger partial charge < -0.3 is 10.9 Å². The third-order valence-electron chi connectivity index (χ3n) is 10.1. The van der Waals surface area contributed by atoms with Gasteiger partial charge in [0.25, 0.3) is 0 Å². The molecule has 4 rings (SSSR count). The lowest BCUT2D eigenvalue weighted by Crippen LogP contribution is -2.58. The molecule has 0 radical (unpaired) electrons. The fourth-order valence-electron chi connectivity index (χ4n) is 8.57. The lowest BCUT2D eigenvalue weighted by atomic mass is 9.41. The van der Waals surface area contributed by atoms with Crippen LogP contribution in [0.5, 0.6) is 0 Å². The minimum Gasteiger partial charge on any atom is -0.390 e. The fraction of sp³-hybridized carbons (Fsp3) is 0.917. The predicted octanol–water partition coefficient (Wildman–Crippen LogP) is 3.43. The standard InChI is InChI=1S/C24H42N4O2/c1-22(30)11-12-23(2)16(13-22)7-8-17-18-5-4-6-20(21(29)14-28(26)15-27-25)24(18,3)10-9-19(17)23/h15-20,30H,4-14,25-26H2,1-3H3/b27-15-/t16-,17-,18-,19-,20+,22+,23-,24-/m0/s1. The van der Waals surface area contributed by atoms with E-state index in [1.807, 2.05) is 6.92 Å². The first-order valence-corrected chi connectivity index (χ1v) is 12.1. The monoisotopic (exact) mass is 418 g/mol. The van der Waals surface area contributed by atoms with Crippen molar-refractivity contribution >= 4 is 12.1 Å². The zero-order valence-electron chi connectivity index (χ0n) is 19.1. The first-order chi connectivity index (χ1) is 14.1. The number of hydrazone groups is 1. The average molecular weight is 419 g/mol. The number of nitrogens with two attached hydrogens (primary N) is 2. The molecule has 4 aliphatic rings. The number of nitrogens with zero attached hydrogens (tertiary/aromatic N) is 2.